The maximum absolute atomic E-state index is 14.4. The molecule has 0 amide bonds. The number of nitrogens with two attached hydrogens (primary N) is 1. The molecule has 10 heteroatoms. The van der Waals surface area contributed by atoms with E-state index in [9.17, 15) is 9.18 Å². The number of nitrogens with zero attached hydrogens (tertiary/aromatic N) is 5. The van der Waals surface area contributed by atoms with E-state index < -0.39 is 17.8 Å². The summed E-state index contributed by atoms with van der Waals surface area (Å²) in [6.07, 6.45) is 3.98. The molecule has 0 saturated heterocycles. The zero-order chi connectivity index (χ0) is 27.4. The van der Waals surface area contributed by atoms with Gasteiger partial charge in [0.05, 0.1) is 23.0 Å². The van der Waals surface area contributed by atoms with Gasteiger partial charge in [-0.05, 0) is 36.8 Å². The van der Waals surface area contributed by atoms with Crippen molar-refractivity contribution in [1.29, 1.82) is 0 Å². The smallest absolute Gasteiger partial charge is 0.164 e. The van der Waals surface area contributed by atoms with Gasteiger partial charge in [0.25, 0.3) is 0 Å². The van der Waals surface area contributed by atoms with Crippen molar-refractivity contribution in [2.45, 2.75) is 18.9 Å². The van der Waals surface area contributed by atoms with Gasteiger partial charge in [0.2, 0.25) is 0 Å². The quantitative estimate of drug-likeness (QED) is 0.284. The molecule has 9 nitrogen and oxygen atoms in total. The van der Waals surface area contributed by atoms with Gasteiger partial charge in [0, 0.05) is 22.1 Å². The number of aldehydes is 1. The Kier molecular flexibility index (Phi) is 5.41. The van der Waals surface area contributed by atoms with Crippen LogP contribution in [0.15, 0.2) is 85.0 Å². The lowest BCUT2D eigenvalue weighted by Crippen LogP contribution is -2.23. The van der Waals surface area contributed by atoms with Crippen molar-refractivity contribution in [3.63, 3.8) is 0 Å². The number of anilines is 1. The second-order valence-corrected chi connectivity index (χ2v) is 9.61. The number of rotatable bonds is 5. The monoisotopic (exact) mass is 531 g/mol. The fourth-order valence-corrected chi connectivity index (χ4v) is 5.48. The van der Waals surface area contributed by atoms with Gasteiger partial charge >= 0.3 is 0 Å². The van der Waals surface area contributed by atoms with E-state index in [4.69, 9.17) is 15.6 Å². The molecule has 3 aromatic heterocycles. The molecule has 7 rings (SSSR count). The number of halogens is 1. The molecule has 40 heavy (non-hydrogen) atoms. The van der Waals surface area contributed by atoms with Crippen LogP contribution in [0.2, 0.25) is 0 Å². The van der Waals surface area contributed by atoms with E-state index in [1.165, 1.54) is 18.5 Å². The number of fused-ring (bicyclic) bond motifs is 3. The minimum Gasteiger partial charge on any atom is -0.459 e. The van der Waals surface area contributed by atoms with Gasteiger partial charge in [-0.1, -0.05) is 42.5 Å². The zero-order valence-corrected chi connectivity index (χ0v) is 21.2. The third-order valence-electron chi connectivity index (χ3n) is 7.33. The number of carbonyl (C=O) groups is 1. The number of para-hydroxylation sites is 1. The van der Waals surface area contributed by atoms with Gasteiger partial charge in [0.15, 0.2) is 5.65 Å². The fraction of sp³-hybridized carbons (Fsp3) is 0.100. The Hall–Kier alpha value is -5.38. The molecule has 2 unspecified atom stereocenters. The number of carbonyl (C=O) groups excluding carboxylic acids is 1. The third kappa shape index (κ3) is 3.57. The first-order valence-electron chi connectivity index (χ1n) is 12.7. The van der Waals surface area contributed by atoms with Crippen LogP contribution in [0.1, 0.15) is 30.0 Å². The van der Waals surface area contributed by atoms with E-state index >= 15 is 0 Å². The van der Waals surface area contributed by atoms with Crippen LogP contribution in [-0.4, -0.2) is 36.2 Å². The maximum atomic E-state index is 14.4. The minimum atomic E-state index is -0.676. The van der Waals surface area contributed by atoms with Crippen molar-refractivity contribution >= 4 is 39.6 Å². The fourth-order valence-electron chi connectivity index (χ4n) is 5.48. The molecule has 1 aliphatic heterocycles. The highest BCUT2D eigenvalue weighted by atomic mass is 19.1. The normalized spacial score (nSPS) is 15.7. The van der Waals surface area contributed by atoms with Crippen molar-refractivity contribution in [2.75, 3.05) is 5.73 Å². The number of hydrogen-bond donors (Lipinski definition) is 2. The predicted octanol–water partition coefficient (Wildman–Crippen LogP) is 5.44. The molecule has 3 N–H and O–H groups in total. The highest BCUT2D eigenvalue weighted by Crippen LogP contribution is 2.46. The summed E-state index contributed by atoms with van der Waals surface area (Å²) in [6.45, 7) is 1.90. The van der Waals surface area contributed by atoms with Gasteiger partial charge in [-0.15, -0.1) is 0 Å². The lowest BCUT2D eigenvalue weighted by Gasteiger charge is -2.31. The summed E-state index contributed by atoms with van der Waals surface area (Å²) in [5, 5.41) is 13.6. The molecule has 1 aliphatic rings. The molecule has 2 atom stereocenters. The average molecular weight is 532 g/mol. The molecule has 0 saturated carbocycles. The number of nitrogen functional groups attached to an aromatic ring is 1. The summed E-state index contributed by atoms with van der Waals surface area (Å²) in [7, 11) is 0. The Morgan fingerprint density at radius 2 is 1.95 bits per heavy atom. The largest absolute Gasteiger partial charge is 0.459 e. The van der Waals surface area contributed by atoms with Crippen molar-refractivity contribution < 1.29 is 13.9 Å². The lowest BCUT2D eigenvalue weighted by molar-refractivity contribution is -0.108. The van der Waals surface area contributed by atoms with E-state index in [2.05, 4.69) is 20.2 Å². The highest BCUT2D eigenvalue weighted by molar-refractivity contribution is 6.05. The Balaban J connectivity index is 1.49. The molecule has 4 heterocycles. The topological polar surface area (TPSA) is 125 Å². The average Bonchev–Trinajstić information content (AvgIpc) is 3.62. The predicted molar refractivity (Wildman–Crippen MR) is 149 cm³/mol. The number of aromatic nitrogens is 6. The molecule has 0 radical (unpaired) electrons. The number of benzene rings is 3. The van der Waals surface area contributed by atoms with Gasteiger partial charge in [0.1, 0.15) is 47.5 Å². The SMILES string of the molecule is CC(C1=C(c2cccc(F)c2)C(C=O)c2ccccc2O1)n1nc(-c2cccc3[nH]ncc23)c2c(N)ncnc21. The number of nitrogens with one attached hydrogen (secondary N) is 1. The number of hydrogen-bond acceptors (Lipinski definition) is 7. The first-order valence-corrected chi connectivity index (χ1v) is 12.7. The minimum absolute atomic E-state index is 0.277. The van der Waals surface area contributed by atoms with Gasteiger partial charge in [-0.25, -0.2) is 19.0 Å². The molecule has 6 aromatic rings. The van der Waals surface area contributed by atoms with Crippen LogP contribution < -0.4 is 10.5 Å². The first-order chi connectivity index (χ1) is 19.5. The van der Waals surface area contributed by atoms with Crippen molar-refractivity contribution in [3.8, 4) is 17.0 Å². The van der Waals surface area contributed by atoms with Crippen molar-refractivity contribution in [3.05, 3.63) is 102 Å². The van der Waals surface area contributed by atoms with Crippen LogP contribution in [0, 0.1) is 5.82 Å². The Morgan fingerprint density at radius 1 is 1.10 bits per heavy atom. The lowest BCUT2D eigenvalue weighted by atomic mass is 9.83. The summed E-state index contributed by atoms with van der Waals surface area (Å²) in [6, 6.07) is 18.7. The van der Waals surface area contributed by atoms with E-state index in [0.29, 0.717) is 44.9 Å². The molecule has 0 spiro atoms. The molecular weight excluding hydrogens is 509 g/mol. The highest BCUT2D eigenvalue weighted by Gasteiger charge is 2.35. The summed E-state index contributed by atoms with van der Waals surface area (Å²) in [5.74, 6) is 0.191. The maximum Gasteiger partial charge on any atom is 0.164 e. The van der Waals surface area contributed by atoms with Gasteiger partial charge in [-0.3, -0.25) is 5.10 Å². The molecule has 0 bridgehead atoms. The Bertz CT molecular complexity index is 1980. The van der Waals surface area contributed by atoms with Crippen LogP contribution in [0.25, 0.3) is 38.8 Å². The van der Waals surface area contributed by atoms with E-state index in [-0.39, 0.29) is 5.82 Å². The number of aromatic amines is 1. The molecule has 3 aromatic carbocycles. The van der Waals surface area contributed by atoms with Crippen molar-refractivity contribution in [2.24, 2.45) is 0 Å². The standard InChI is InChI=1S/C30H22FN7O2/c1-16(28-25(17-6-4-7-18(31)12-17)22(14-39)19-8-2-3-11-24(19)40-28)38-30-26(29(32)33-15-34-30)27(37-38)20-9-5-10-23-21(20)13-35-36-23/h2-16,22H,1H3,(H,35,36)(H2,32,33,34). The summed E-state index contributed by atoms with van der Waals surface area (Å²) >= 11 is 0. The van der Waals surface area contributed by atoms with Crippen LogP contribution >= 0.6 is 0 Å². The second-order valence-electron chi connectivity index (χ2n) is 9.61. The Morgan fingerprint density at radius 3 is 2.80 bits per heavy atom. The zero-order valence-electron chi connectivity index (χ0n) is 21.2. The van der Waals surface area contributed by atoms with E-state index in [1.54, 1.807) is 23.0 Å². The number of ether oxygens (including phenoxy) is 1. The Labute approximate surface area is 227 Å². The first kappa shape index (κ1) is 23.7. The van der Waals surface area contributed by atoms with E-state index in [1.807, 2.05) is 49.4 Å². The summed E-state index contributed by atoms with van der Waals surface area (Å²) < 4.78 is 22.6. The van der Waals surface area contributed by atoms with Crippen LogP contribution in [0.5, 0.6) is 5.75 Å². The third-order valence-corrected chi connectivity index (χ3v) is 7.33. The van der Waals surface area contributed by atoms with Crippen LogP contribution in [-0.2, 0) is 4.79 Å². The number of allylic oxidation sites excluding steroid dienone is 2. The second kappa shape index (κ2) is 9.12. The van der Waals surface area contributed by atoms with Crippen molar-refractivity contribution in [1.82, 2.24) is 29.9 Å². The van der Waals surface area contributed by atoms with Crippen LogP contribution in [0.4, 0.5) is 10.2 Å². The molecule has 196 valence electrons. The van der Waals surface area contributed by atoms with Gasteiger partial charge in [-0.2, -0.15) is 10.2 Å². The number of H-pyrrole nitrogens is 1. The van der Waals surface area contributed by atoms with Gasteiger partial charge < -0.3 is 15.3 Å². The molecular formula is C30H22FN7O2. The molecule has 0 aliphatic carbocycles. The molecule has 0 fully saturated rings. The summed E-state index contributed by atoms with van der Waals surface area (Å²) in [4.78, 5) is 21.4. The van der Waals surface area contributed by atoms with E-state index in [0.717, 1.165) is 22.8 Å². The van der Waals surface area contributed by atoms with Crippen LogP contribution in [0.3, 0.4) is 0 Å². The summed E-state index contributed by atoms with van der Waals surface area (Å²) in [5.41, 5.74) is 10.9.